The van der Waals surface area contributed by atoms with E-state index in [9.17, 15) is 0 Å². The van der Waals surface area contributed by atoms with E-state index < -0.39 is 0 Å². The van der Waals surface area contributed by atoms with Crippen LogP contribution in [0.1, 0.15) is 33.6 Å². The molecule has 0 aliphatic carbocycles. The fourth-order valence-corrected chi connectivity index (χ4v) is 1.26. The maximum Gasteiger partial charge on any atom is 0.168 e. The van der Waals surface area contributed by atoms with E-state index in [1.807, 2.05) is 26.0 Å². The van der Waals surface area contributed by atoms with E-state index >= 15 is 0 Å². The lowest BCUT2D eigenvalue weighted by Crippen LogP contribution is -2.10. The predicted octanol–water partition coefficient (Wildman–Crippen LogP) is 3.08. The molecule has 0 aliphatic rings. The molecular formula is C12H20N2O. The van der Waals surface area contributed by atoms with Gasteiger partial charge < -0.3 is 10.1 Å². The third-order valence-electron chi connectivity index (χ3n) is 1.96. The summed E-state index contributed by atoms with van der Waals surface area (Å²) in [4.78, 5) is 4.27. The highest BCUT2D eigenvalue weighted by atomic mass is 16.5. The van der Waals surface area contributed by atoms with Gasteiger partial charge in [-0.05, 0) is 32.4 Å². The Balaban J connectivity index is 2.60. The number of nitrogens with one attached hydrogen (secondary N) is 1. The van der Waals surface area contributed by atoms with Gasteiger partial charge in [-0.2, -0.15) is 0 Å². The molecular weight excluding hydrogens is 188 g/mol. The van der Waals surface area contributed by atoms with Crippen LogP contribution in [-0.2, 0) is 0 Å². The minimum Gasteiger partial charge on any atom is -0.487 e. The summed E-state index contributed by atoms with van der Waals surface area (Å²) in [7, 11) is 0. The Morgan fingerprint density at radius 1 is 1.47 bits per heavy atom. The normalized spacial score (nSPS) is 10.4. The van der Waals surface area contributed by atoms with Gasteiger partial charge in [-0.3, -0.25) is 0 Å². The average molecular weight is 208 g/mol. The van der Waals surface area contributed by atoms with Gasteiger partial charge in [0.2, 0.25) is 0 Å². The van der Waals surface area contributed by atoms with Crippen LogP contribution in [0.4, 0.5) is 5.82 Å². The summed E-state index contributed by atoms with van der Waals surface area (Å²) < 4.78 is 5.65. The molecule has 0 spiro atoms. The molecule has 3 nitrogen and oxygen atoms in total. The lowest BCUT2D eigenvalue weighted by Gasteiger charge is -2.14. The summed E-state index contributed by atoms with van der Waals surface area (Å²) in [5, 5.41) is 3.28. The van der Waals surface area contributed by atoms with Crippen molar-refractivity contribution in [1.29, 1.82) is 0 Å². The first-order valence-electron chi connectivity index (χ1n) is 5.59. The van der Waals surface area contributed by atoms with Gasteiger partial charge in [0.05, 0.1) is 6.10 Å². The number of hydrogen-bond acceptors (Lipinski definition) is 3. The number of pyridine rings is 1. The Morgan fingerprint density at radius 3 is 2.93 bits per heavy atom. The minimum absolute atomic E-state index is 0.181. The maximum absolute atomic E-state index is 5.65. The third kappa shape index (κ3) is 4.19. The van der Waals surface area contributed by atoms with Crippen molar-refractivity contribution in [3.05, 3.63) is 18.3 Å². The number of ether oxygens (including phenoxy) is 1. The van der Waals surface area contributed by atoms with Crippen LogP contribution in [0, 0.1) is 0 Å². The second kappa shape index (κ2) is 6.27. The standard InChI is InChI=1S/C12H20N2O/c1-4-5-8-13-12-11(15-10(2)3)7-6-9-14-12/h6-7,9-10H,4-5,8H2,1-3H3,(H,13,14). The summed E-state index contributed by atoms with van der Waals surface area (Å²) >= 11 is 0. The predicted molar refractivity (Wildman–Crippen MR) is 63.4 cm³/mol. The van der Waals surface area contributed by atoms with E-state index in [0.717, 1.165) is 24.5 Å². The summed E-state index contributed by atoms with van der Waals surface area (Å²) in [5.41, 5.74) is 0. The Bertz CT molecular complexity index is 287. The first-order chi connectivity index (χ1) is 7.24. The zero-order valence-electron chi connectivity index (χ0n) is 9.79. The van der Waals surface area contributed by atoms with Gasteiger partial charge >= 0.3 is 0 Å². The fraction of sp³-hybridized carbons (Fsp3) is 0.583. The molecule has 0 saturated heterocycles. The number of aromatic nitrogens is 1. The molecule has 1 rings (SSSR count). The first-order valence-corrected chi connectivity index (χ1v) is 5.59. The van der Waals surface area contributed by atoms with E-state index in [2.05, 4.69) is 17.2 Å². The quantitative estimate of drug-likeness (QED) is 0.729. The van der Waals surface area contributed by atoms with Crippen LogP contribution < -0.4 is 10.1 Å². The minimum atomic E-state index is 0.181. The van der Waals surface area contributed by atoms with Crippen LogP contribution in [0.15, 0.2) is 18.3 Å². The first kappa shape index (κ1) is 11.8. The second-order valence-electron chi connectivity index (χ2n) is 3.80. The van der Waals surface area contributed by atoms with Crippen LogP contribution in [0.3, 0.4) is 0 Å². The number of hydrogen-bond donors (Lipinski definition) is 1. The highest BCUT2D eigenvalue weighted by Crippen LogP contribution is 2.21. The molecule has 3 heteroatoms. The van der Waals surface area contributed by atoms with Crippen LogP contribution >= 0.6 is 0 Å². The Labute approximate surface area is 91.9 Å². The van der Waals surface area contributed by atoms with Gasteiger partial charge in [0.15, 0.2) is 11.6 Å². The van der Waals surface area contributed by atoms with Crippen LogP contribution in [0.25, 0.3) is 0 Å². The summed E-state index contributed by atoms with van der Waals surface area (Å²) in [6.45, 7) is 7.15. The van der Waals surface area contributed by atoms with Gasteiger partial charge in [0.25, 0.3) is 0 Å². The van der Waals surface area contributed by atoms with Crippen molar-refractivity contribution in [3.63, 3.8) is 0 Å². The molecule has 0 aromatic carbocycles. The maximum atomic E-state index is 5.65. The summed E-state index contributed by atoms with van der Waals surface area (Å²) in [6.07, 6.45) is 4.29. The van der Waals surface area contributed by atoms with Crippen molar-refractivity contribution in [3.8, 4) is 5.75 Å². The molecule has 0 atom stereocenters. The van der Waals surface area contributed by atoms with Crippen LogP contribution in [0.5, 0.6) is 5.75 Å². The lowest BCUT2D eigenvalue weighted by molar-refractivity contribution is 0.243. The largest absolute Gasteiger partial charge is 0.487 e. The fourth-order valence-electron chi connectivity index (χ4n) is 1.26. The van der Waals surface area contributed by atoms with E-state index in [-0.39, 0.29) is 6.10 Å². The van der Waals surface area contributed by atoms with E-state index in [4.69, 9.17) is 4.74 Å². The SMILES string of the molecule is CCCCNc1ncccc1OC(C)C. The van der Waals surface area contributed by atoms with Crippen molar-refractivity contribution < 1.29 is 4.74 Å². The molecule has 0 saturated carbocycles. The third-order valence-corrected chi connectivity index (χ3v) is 1.96. The molecule has 0 bridgehead atoms. The summed E-state index contributed by atoms with van der Waals surface area (Å²) in [5.74, 6) is 1.68. The van der Waals surface area contributed by atoms with Crippen LogP contribution in [-0.4, -0.2) is 17.6 Å². The zero-order valence-corrected chi connectivity index (χ0v) is 9.79. The van der Waals surface area contributed by atoms with Crippen molar-refractivity contribution in [1.82, 2.24) is 4.98 Å². The van der Waals surface area contributed by atoms with Crippen LogP contribution in [0.2, 0.25) is 0 Å². The molecule has 0 radical (unpaired) electrons. The van der Waals surface area contributed by atoms with Gasteiger partial charge in [0.1, 0.15) is 0 Å². The van der Waals surface area contributed by atoms with Crippen molar-refractivity contribution in [2.24, 2.45) is 0 Å². The highest BCUT2D eigenvalue weighted by molar-refractivity contribution is 5.49. The second-order valence-corrected chi connectivity index (χ2v) is 3.80. The topological polar surface area (TPSA) is 34.2 Å². The number of unbranched alkanes of at least 4 members (excludes halogenated alkanes) is 1. The number of nitrogens with zero attached hydrogens (tertiary/aromatic N) is 1. The van der Waals surface area contributed by atoms with Crippen molar-refractivity contribution >= 4 is 5.82 Å². The van der Waals surface area contributed by atoms with E-state index in [0.29, 0.717) is 0 Å². The average Bonchev–Trinajstić information content (AvgIpc) is 2.20. The molecule has 1 heterocycles. The van der Waals surface area contributed by atoms with Gasteiger partial charge in [-0.25, -0.2) is 4.98 Å². The Kier molecular flexibility index (Phi) is 4.95. The molecule has 15 heavy (non-hydrogen) atoms. The Morgan fingerprint density at radius 2 is 2.27 bits per heavy atom. The molecule has 0 fully saturated rings. The molecule has 1 aromatic rings. The van der Waals surface area contributed by atoms with E-state index in [1.54, 1.807) is 6.20 Å². The molecule has 1 N–H and O–H groups in total. The van der Waals surface area contributed by atoms with Crippen molar-refractivity contribution in [2.75, 3.05) is 11.9 Å². The number of rotatable bonds is 6. The smallest absolute Gasteiger partial charge is 0.168 e. The summed E-state index contributed by atoms with van der Waals surface area (Å²) in [6, 6.07) is 3.84. The Hall–Kier alpha value is -1.25. The molecule has 0 unspecified atom stereocenters. The van der Waals surface area contributed by atoms with Crippen molar-refractivity contribution in [2.45, 2.75) is 39.7 Å². The van der Waals surface area contributed by atoms with Gasteiger partial charge in [-0.1, -0.05) is 13.3 Å². The van der Waals surface area contributed by atoms with Gasteiger partial charge in [-0.15, -0.1) is 0 Å². The monoisotopic (exact) mass is 208 g/mol. The molecule has 0 amide bonds. The molecule has 84 valence electrons. The number of anilines is 1. The lowest BCUT2D eigenvalue weighted by atomic mass is 10.3. The highest BCUT2D eigenvalue weighted by Gasteiger charge is 2.04. The molecule has 1 aromatic heterocycles. The van der Waals surface area contributed by atoms with Gasteiger partial charge in [0, 0.05) is 12.7 Å². The van der Waals surface area contributed by atoms with E-state index in [1.165, 1.54) is 6.42 Å². The zero-order chi connectivity index (χ0) is 11.1. The molecule has 0 aliphatic heterocycles.